The first-order valence-corrected chi connectivity index (χ1v) is 7.87. The number of para-hydroxylation sites is 1. The van der Waals surface area contributed by atoms with E-state index in [1.165, 1.54) is 0 Å². The van der Waals surface area contributed by atoms with Crippen LogP contribution in [0.1, 0.15) is 19.4 Å². The Morgan fingerprint density at radius 1 is 1.09 bits per heavy atom. The highest BCUT2D eigenvalue weighted by Gasteiger charge is 2.23. The third kappa shape index (κ3) is 4.83. The molecule has 122 valence electrons. The molecule has 0 aliphatic rings. The quantitative estimate of drug-likeness (QED) is 0.826. The molecule has 1 unspecified atom stereocenters. The monoisotopic (exact) mass is 312 g/mol. The van der Waals surface area contributed by atoms with E-state index in [4.69, 9.17) is 0 Å². The molecule has 4 nitrogen and oxygen atoms in total. The molecular formula is C19H24N2O2. The van der Waals surface area contributed by atoms with Gasteiger partial charge in [0.1, 0.15) is 5.60 Å². The molecule has 2 N–H and O–H groups in total. The van der Waals surface area contributed by atoms with Gasteiger partial charge in [-0.25, -0.2) is 0 Å². The van der Waals surface area contributed by atoms with Crippen molar-refractivity contribution in [3.63, 3.8) is 0 Å². The predicted octanol–water partition coefficient (Wildman–Crippen LogP) is 2.54. The molecule has 1 atom stereocenters. The highest BCUT2D eigenvalue weighted by Crippen LogP contribution is 2.19. The van der Waals surface area contributed by atoms with Gasteiger partial charge in [-0.2, -0.15) is 0 Å². The third-order valence-corrected chi connectivity index (χ3v) is 3.86. The molecule has 2 aromatic rings. The standard InChI is InChI=1S/C19H24N2O2/c1-3-21(17-12-8-5-9-13-17)14-18(22)20-15-19(2,23)16-10-6-4-7-11-16/h4-13,23H,3,14-15H2,1-2H3,(H,20,22). The van der Waals surface area contributed by atoms with Gasteiger partial charge in [0, 0.05) is 12.2 Å². The number of benzene rings is 2. The maximum atomic E-state index is 12.2. The number of aliphatic hydroxyl groups is 1. The molecule has 0 aromatic heterocycles. The van der Waals surface area contributed by atoms with Crippen molar-refractivity contribution < 1.29 is 9.90 Å². The topological polar surface area (TPSA) is 52.6 Å². The van der Waals surface area contributed by atoms with Gasteiger partial charge in [-0.3, -0.25) is 4.79 Å². The molecular weight excluding hydrogens is 288 g/mol. The van der Waals surface area contributed by atoms with Crippen molar-refractivity contribution in [3.8, 4) is 0 Å². The summed E-state index contributed by atoms with van der Waals surface area (Å²) < 4.78 is 0. The second-order valence-electron chi connectivity index (χ2n) is 5.77. The van der Waals surface area contributed by atoms with Crippen molar-refractivity contribution in [3.05, 3.63) is 66.2 Å². The summed E-state index contributed by atoms with van der Waals surface area (Å²) in [5.41, 5.74) is 0.719. The van der Waals surface area contributed by atoms with Crippen molar-refractivity contribution in [2.75, 3.05) is 24.5 Å². The molecule has 2 rings (SSSR count). The van der Waals surface area contributed by atoms with Gasteiger partial charge in [-0.1, -0.05) is 48.5 Å². The van der Waals surface area contributed by atoms with Crippen molar-refractivity contribution in [1.82, 2.24) is 5.32 Å². The van der Waals surface area contributed by atoms with Gasteiger partial charge in [0.2, 0.25) is 5.91 Å². The lowest BCUT2D eigenvalue weighted by Gasteiger charge is -2.26. The highest BCUT2D eigenvalue weighted by molar-refractivity contribution is 5.81. The van der Waals surface area contributed by atoms with Gasteiger partial charge >= 0.3 is 0 Å². The fourth-order valence-electron chi connectivity index (χ4n) is 2.42. The molecule has 0 heterocycles. The number of likely N-dealkylation sites (N-methyl/N-ethyl adjacent to an activating group) is 1. The SMILES string of the molecule is CCN(CC(=O)NCC(C)(O)c1ccccc1)c1ccccc1. The average molecular weight is 312 g/mol. The van der Waals surface area contributed by atoms with E-state index in [1.54, 1.807) is 6.92 Å². The van der Waals surface area contributed by atoms with E-state index >= 15 is 0 Å². The third-order valence-electron chi connectivity index (χ3n) is 3.86. The summed E-state index contributed by atoms with van der Waals surface area (Å²) in [5, 5.41) is 13.3. The number of nitrogens with one attached hydrogen (secondary N) is 1. The van der Waals surface area contributed by atoms with Gasteiger partial charge in [-0.05, 0) is 31.5 Å². The summed E-state index contributed by atoms with van der Waals surface area (Å²) in [6, 6.07) is 19.2. The Bertz CT molecular complexity index is 612. The summed E-state index contributed by atoms with van der Waals surface area (Å²) in [6.45, 7) is 4.91. The Labute approximate surface area is 137 Å². The van der Waals surface area contributed by atoms with Crippen LogP contribution < -0.4 is 10.2 Å². The van der Waals surface area contributed by atoms with E-state index in [9.17, 15) is 9.90 Å². The Morgan fingerprint density at radius 3 is 2.22 bits per heavy atom. The van der Waals surface area contributed by atoms with Crippen LogP contribution in [0.3, 0.4) is 0 Å². The van der Waals surface area contributed by atoms with Gasteiger partial charge < -0.3 is 15.3 Å². The summed E-state index contributed by atoms with van der Waals surface area (Å²) in [4.78, 5) is 14.2. The summed E-state index contributed by atoms with van der Waals surface area (Å²) in [6.07, 6.45) is 0. The lowest BCUT2D eigenvalue weighted by Crippen LogP contribution is -2.43. The lowest BCUT2D eigenvalue weighted by molar-refractivity contribution is -0.121. The number of rotatable bonds is 7. The van der Waals surface area contributed by atoms with Crippen molar-refractivity contribution in [2.45, 2.75) is 19.4 Å². The van der Waals surface area contributed by atoms with Crippen LogP contribution in [0.4, 0.5) is 5.69 Å². The van der Waals surface area contributed by atoms with Gasteiger partial charge in [0.05, 0.1) is 13.1 Å². The Morgan fingerprint density at radius 2 is 1.65 bits per heavy atom. The fourth-order valence-corrected chi connectivity index (χ4v) is 2.42. The summed E-state index contributed by atoms with van der Waals surface area (Å²) in [7, 11) is 0. The first kappa shape index (κ1) is 17.0. The zero-order valence-corrected chi connectivity index (χ0v) is 13.7. The second-order valence-corrected chi connectivity index (χ2v) is 5.77. The molecule has 0 aliphatic heterocycles. The molecule has 0 saturated carbocycles. The predicted molar refractivity (Wildman–Crippen MR) is 93.4 cm³/mol. The molecule has 4 heteroatoms. The van der Waals surface area contributed by atoms with E-state index < -0.39 is 5.60 Å². The lowest BCUT2D eigenvalue weighted by atomic mass is 9.96. The second kappa shape index (κ2) is 7.79. The van der Waals surface area contributed by atoms with Gasteiger partial charge in [-0.15, -0.1) is 0 Å². The molecule has 23 heavy (non-hydrogen) atoms. The van der Waals surface area contributed by atoms with Crippen LogP contribution in [0, 0.1) is 0 Å². The normalized spacial score (nSPS) is 13.2. The number of anilines is 1. The largest absolute Gasteiger partial charge is 0.384 e. The number of carbonyl (C=O) groups is 1. The number of nitrogens with zero attached hydrogens (tertiary/aromatic N) is 1. The zero-order valence-electron chi connectivity index (χ0n) is 13.7. The first-order chi connectivity index (χ1) is 11.0. The fraction of sp³-hybridized carbons (Fsp3) is 0.316. The Balaban J connectivity index is 1.92. The first-order valence-electron chi connectivity index (χ1n) is 7.87. The maximum Gasteiger partial charge on any atom is 0.239 e. The smallest absolute Gasteiger partial charge is 0.239 e. The molecule has 0 saturated heterocycles. The zero-order chi connectivity index (χ0) is 16.7. The molecule has 0 aliphatic carbocycles. The van der Waals surface area contributed by atoms with Crippen molar-refractivity contribution in [2.24, 2.45) is 0 Å². The number of carbonyl (C=O) groups excluding carboxylic acids is 1. The molecule has 0 bridgehead atoms. The summed E-state index contributed by atoms with van der Waals surface area (Å²) in [5.74, 6) is -0.105. The van der Waals surface area contributed by atoms with E-state index in [0.717, 1.165) is 17.8 Å². The molecule has 2 aromatic carbocycles. The number of hydrogen-bond donors (Lipinski definition) is 2. The molecule has 1 amide bonds. The van der Waals surface area contributed by atoms with E-state index in [-0.39, 0.29) is 19.0 Å². The number of amides is 1. The maximum absolute atomic E-state index is 12.2. The van der Waals surface area contributed by atoms with Crippen LogP contribution in [0.2, 0.25) is 0 Å². The van der Waals surface area contributed by atoms with Crippen molar-refractivity contribution >= 4 is 11.6 Å². The van der Waals surface area contributed by atoms with Crippen LogP contribution in [-0.4, -0.2) is 30.6 Å². The van der Waals surface area contributed by atoms with Crippen LogP contribution in [-0.2, 0) is 10.4 Å². The van der Waals surface area contributed by atoms with E-state index in [2.05, 4.69) is 5.32 Å². The summed E-state index contributed by atoms with van der Waals surface area (Å²) >= 11 is 0. The highest BCUT2D eigenvalue weighted by atomic mass is 16.3. The number of hydrogen-bond acceptors (Lipinski definition) is 3. The minimum atomic E-state index is -1.08. The van der Waals surface area contributed by atoms with Crippen LogP contribution in [0.15, 0.2) is 60.7 Å². The van der Waals surface area contributed by atoms with Crippen LogP contribution >= 0.6 is 0 Å². The van der Waals surface area contributed by atoms with E-state index in [0.29, 0.717) is 0 Å². The Kier molecular flexibility index (Phi) is 5.77. The van der Waals surface area contributed by atoms with Crippen LogP contribution in [0.25, 0.3) is 0 Å². The minimum Gasteiger partial charge on any atom is -0.384 e. The molecule has 0 radical (unpaired) electrons. The Hall–Kier alpha value is -2.33. The molecule has 0 fully saturated rings. The average Bonchev–Trinajstić information content (AvgIpc) is 2.59. The minimum absolute atomic E-state index is 0.105. The van der Waals surface area contributed by atoms with Gasteiger partial charge in [0.15, 0.2) is 0 Å². The van der Waals surface area contributed by atoms with Crippen molar-refractivity contribution in [1.29, 1.82) is 0 Å². The molecule has 0 spiro atoms. The van der Waals surface area contributed by atoms with E-state index in [1.807, 2.05) is 72.5 Å². The van der Waals surface area contributed by atoms with Gasteiger partial charge in [0.25, 0.3) is 0 Å². The van der Waals surface area contributed by atoms with Crippen LogP contribution in [0.5, 0.6) is 0 Å².